The average Bonchev–Trinajstić information content (AvgIpc) is 1.63. The number of pyridine rings is 1. The number of benzene rings is 6. The Labute approximate surface area is 595 Å². The fourth-order valence-corrected chi connectivity index (χ4v) is 15.3. The molecule has 0 unspecified atom stereocenters. The van der Waals surface area contributed by atoms with Gasteiger partial charge in [-0.3, -0.25) is 14.4 Å². The first kappa shape index (κ1) is 65.3. The molecule has 3 aliphatic rings. The number of furan rings is 1. The molecule has 15 aromatic rings. The van der Waals surface area contributed by atoms with E-state index in [1.54, 1.807) is 12.1 Å². The summed E-state index contributed by atoms with van der Waals surface area (Å²) < 4.78 is 12.9. The number of nitrogens with two attached hydrogens (primary N) is 3. The maximum Gasteiger partial charge on any atom is 0.287 e. The van der Waals surface area contributed by atoms with Crippen LogP contribution in [0.15, 0.2) is 193 Å². The van der Waals surface area contributed by atoms with E-state index in [1.807, 2.05) is 172 Å². The predicted molar refractivity (Wildman–Crippen MR) is 401 cm³/mol. The van der Waals surface area contributed by atoms with Crippen molar-refractivity contribution >= 4 is 112 Å². The first-order valence-corrected chi connectivity index (χ1v) is 35.7. The van der Waals surface area contributed by atoms with Gasteiger partial charge in [0.2, 0.25) is 0 Å². The van der Waals surface area contributed by atoms with Crippen molar-refractivity contribution in [2.45, 2.75) is 115 Å². The molecule has 3 fully saturated rings. The maximum atomic E-state index is 12.6. The zero-order chi connectivity index (χ0) is 69.9. The number of carbonyl (C=O) groups is 3. The van der Waals surface area contributed by atoms with Gasteiger partial charge in [-0.1, -0.05) is 172 Å². The normalized spacial score (nSPS) is 14.2. The van der Waals surface area contributed by atoms with Crippen molar-refractivity contribution in [2.24, 2.45) is 0 Å². The monoisotopic (exact) mass is 1380 g/mol. The second kappa shape index (κ2) is 28.7. The number of para-hydroxylation sites is 2. The quantitative estimate of drug-likeness (QED) is 0.0555. The average molecular weight is 1380 g/mol. The first-order valence-electron chi connectivity index (χ1n) is 34.9. The van der Waals surface area contributed by atoms with Gasteiger partial charge in [0, 0.05) is 51.8 Å². The van der Waals surface area contributed by atoms with Gasteiger partial charge in [0.1, 0.15) is 64.8 Å². The summed E-state index contributed by atoms with van der Waals surface area (Å²) in [5.41, 5.74) is 31.2. The van der Waals surface area contributed by atoms with E-state index in [-0.39, 0.29) is 17.7 Å². The Bertz CT molecular complexity index is 5330. The molecule has 0 radical (unpaired) electrons. The summed E-state index contributed by atoms with van der Waals surface area (Å²) >= 11 is 1.51. The molecule has 0 bridgehead atoms. The number of carbonyl (C=O) groups excluding carboxylic acids is 3. The van der Waals surface area contributed by atoms with E-state index >= 15 is 0 Å². The summed E-state index contributed by atoms with van der Waals surface area (Å²) in [5, 5.41) is 29.1. The van der Waals surface area contributed by atoms with Crippen LogP contribution in [0.2, 0.25) is 0 Å². The number of amides is 3. The van der Waals surface area contributed by atoms with Gasteiger partial charge in [0.25, 0.3) is 17.7 Å². The van der Waals surface area contributed by atoms with E-state index < -0.39 is 0 Å². The van der Waals surface area contributed by atoms with Crippen LogP contribution in [0, 0.1) is 0 Å². The number of hydrogen-bond acceptors (Lipinski definition) is 18. The fourth-order valence-electron chi connectivity index (χ4n) is 14.3. The lowest BCUT2D eigenvalue weighted by atomic mass is 10.1. The number of nitrogens with zero attached hydrogens (tertiary/aromatic N) is 13. The topological polar surface area (TPSA) is 322 Å². The van der Waals surface area contributed by atoms with Gasteiger partial charge in [-0.15, -0.1) is 11.3 Å². The third-order valence-electron chi connectivity index (χ3n) is 19.7. The van der Waals surface area contributed by atoms with E-state index in [4.69, 9.17) is 36.9 Å². The van der Waals surface area contributed by atoms with Crippen LogP contribution < -0.4 is 33.2 Å². The first-order chi connectivity index (χ1) is 50.5. The Balaban J connectivity index is 0.000000119. The molecule has 24 heteroatoms. The van der Waals surface area contributed by atoms with Crippen LogP contribution in [0.3, 0.4) is 0 Å². The van der Waals surface area contributed by atoms with Gasteiger partial charge in [-0.25, -0.2) is 48.9 Å². The molecule has 0 atom stereocenters. The molecule has 6 aromatic carbocycles. The summed E-state index contributed by atoms with van der Waals surface area (Å²) in [7, 11) is 0. The zero-order valence-corrected chi connectivity index (χ0v) is 57.1. The van der Waals surface area contributed by atoms with Gasteiger partial charge >= 0.3 is 0 Å². The molecule has 0 spiro atoms. The lowest BCUT2D eigenvalue weighted by Gasteiger charge is -2.10. The fraction of sp³-hybridized carbons (Fsp3) is 0.228. The molecule has 103 heavy (non-hydrogen) atoms. The molecule has 0 aliphatic heterocycles. The highest BCUT2D eigenvalue weighted by Gasteiger charge is 2.28. The number of hydrogen-bond donors (Lipinski definition) is 6. The van der Waals surface area contributed by atoms with Crippen molar-refractivity contribution in [2.75, 3.05) is 17.2 Å². The summed E-state index contributed by atoms with van der Waals surface area (Å²) in [4.78, 5) is 69.2. The van der Waals surface area contributed by atoms with E-state index in [0.717, 1.165) is 153 Å². The number of rotatable bonds is 15. The largest absolute Gasteiger partial charge is 0.451 e. The van der Waals surface area contributed by atoms with Crippen LogP contribution in [-0.2, 0) is 19.6 Å². The van der Waals surface area contributed by atoms with Crippen LogP contribution in [0.1, 0.15) is 143 Å². The van der Waals surface area contributed by atoms with Crippen LogP contribution in [-0.4, -0.2) is 82.0 Å². The molecular weight excluding hydrogens is 1310 g/mol. The van der Waals surface area contributed by atoms with Crippen LogP contribution >= 0.6 is 11.3 Å². The Morgan fingerprint density at radius 1 is 0.427 bits per heavy atom. The third-order valence-corrected chi connectivity index (χ3v) is 20.9. The Morgan fingerprint density at radius 3 is 1.29 bits per heavy atom. The number of nitrogens with one attached hydrogen (secondary N) is 3. The second-order valence-corrected chi connectivity index (χ2v) is 27.5. The van der Waals surface area contributed by atoms with Gasteiger partial charge < -0.3 is 37.6 Å². The maximum absolute atomic E-state index is 12.6. The number of thiophene rings is 1. The van der Waals surface area contributed by atoms with Gasteiger partial charge in [-0.2, -0.15) is 15.3 Å². The summed E-state index contributed by atoms with van der Waals surface area (Å²) in [6, 6.07) is 55.8. The zero-order valence-electron chi connectivity index (χ0n) is 56.3. The highest BCUT2D eigenvalue weighted by molar-refractivity contribution is 7.20. The standard InChI is InChI=1S/C27H25N7O.C26H24N6O2.C26H24N6OS/c28-25-23-24(33-34(20-6-2-3-7-20)26(23)31-16-30-25)19-11-9-17(10-12-19)15-29-27(35)22-14-13-18-5-1-4-8-21(18)32-22;2*27-24-22-23(31-32(19-6-2-3-7-19)25(22)30-15-29-24)17-11-9-16(10-12-17)14-28-26(33)21-13-18-5-1-4-8-20(18)34-21/h1,4-5,8-14,16,20H,2-3,6-7,15H2,(H,29,35)(H2,28,30,31);2*1,4-5,8-13,15,19H,2-3,6-7,14H2,(H,28,33)(H2,27,29,30). The van der Waals surface area contributed by atoms with Gasteiger partial charge in [0.05, 0.1) is 44.7 Å². The van der Waals surface area contributed by atoms with Crippen molar-refractivity contribution in [3.63, 3.8) is 0 Å². The van der Waals surface area contributed by atoms with E-state index in [1.165, 1.54) is 68.8 Å². The van der Waals surface area contributed by atoms with Gasteiger partial charge in [0.15, 0.2) is 22.7 Å². The van der Waals surface area contributed by atoms with E-state index in [9.17, 15) is 14.4 Å². The predicted octanol–water partition coefficient (Wildman–Crippen LogP) is 14.9. The van der Waals surface area contributed by atoms with Crippen LogP contribution in [0.25, 0.3) is 98.8 Å². The number of anilines is 3. The minimum absolute atomic E-state index is 0.0588. The van der Waals surface area contributed by atoms with Gasteiger partial charge in [-0.05, 0) is 97.0 Å². The van der Waals surface area contributed by atoms with Crippen molar-refractivity contribution in [1.82, 2.24) is 80.2 Å². The lowest BCUT2D eigenvalue weighted by molar-refractivity contribution is 0.0922. The highest BCUT2D eigenvalue weighted by atomic mass is 32.1. The van der Waals surface area contributed by atoms with Crippen LogP contribution in [0.5, 0.6) is 0 Å². The molecule has 9 N–H and O–H groups in total. The molecule has 514 valence electrons. The highest BCUT2D eigenvalue weighted by Crippen LogP contribution is 2.40. The Hall–Kier alpha value is -12.3. The van der Waals surface area contributed by atoms with Crippen molar-refractivity contribution < 1.29 is 18.8 Å². The lowest BCUT2D eigenvalue weighted by Crippen LogP contribution is -2.23. The SMILES string of the molecule is Nc1ncnc2c1c(-c1ccc(CNC(=O)c3cc4ccccc4o3)cc1)nn2C1CCCC1.Nc1ncnc2c1c(-c1ccc(CNC(=O)c3cc4ccccc4s3)cc1)nn2C1CCCC1.Nc1ncnc2c1c(-c1ccc(CNC(=O)c3ccc4ccccc4n3)cc1)nn2C1CCCC1. The minimum Gasteiger partial charge on any atom is -0.451 e. The molecule has 0 saturated heterocycles. The molecule has 18 rings (SSSR count). The van der Waals surface area contributed by atoms with E-state index in [0.29, 0.717) is 72.3 Å². The minimum atomic E-state index is -0.244. The molecule has 23 nitrogen and oxygen atoms in total. The smallest absolute Gasteiger partial charge is 0.287 e. The van der Waals surface area contributed by atoms with Crippen molar-refractivity contribution in [1.29, 1.82) is 0 Å². The Kier molecular flexibility index (Phi) is 18.2. The summed E-state index contributed by atoms with van der Waals surface area (Å²) in [6.07, 6.45) is 18.4. The summed E-state index contributed by atoms with van der Waals surface area (Å²) in [6.45, 7) is 1.24. The Morgan fingerprint density at radius 2 is 0.835 bits per heavy atom. The molecule has 3 aliphatic carbocycles. The number of aromatic nitrogens is 13. The molecule has 3 amide bonds. The summed E-state index contributed by atoms with van der Waals surface area (Å²) in [5.74, 6) is 1.12. The van der Waals surface area contributed by atoms with Crippen molar-refractivity contribution in [3.05, 3.63) is 222 Å². The van der Waals surface area contributed by atoms with Crippen molar-refractivity contribution in [3.8, 4) is 33.8 Å². The molecular formula is C79H73N19O4S. The second-order valence-electron chi connectivity index (χ2n) is 26.4. The molecule has 9 heterocycles. The van der Waals surface area contributed by atoms with Crippen LogP contribution in [0.4, 0.5) is 17.5 Å². The number of nitrogen functional groups attached to an aromatic ring is 3. The van der Waals surface area contributed by atoms with E-state index in [2.05, 4.69) is 50.8 Å². The number of fused-ring (bicyclic) bond motifs is 6. The third kappa shape index (κ3) is 13.5. The molecule has 3 saturated carbocycles. The molecule has 9 aromatic heterocycles.